The number of halogens is 3. The summed E-state index contributed by atoms with van der Waals surface area (Å²) in [6.45, 7) is -0.228. The van der Waals surface area contributed by atoms with E-state index in [0.29, 0.717) is 12.3 Å². The number of rotatable bonds is 3. The summed E-state index contributed by atoms with van der Waals surface area (Å²) in [7, 11) is -3.99. The van der Waals surface area contributed by atoms with Gasteiger partial charge in [0.2, 0.25) is 10.0 Å². The Morgan fingerprint density at radius 1 is 1.43 bits per heavy atom. The molecule has 0 amide bonds. The van der Waals surface area contributed by atoms with Crippen LogP contribution in [0, 0.1) is 0 Å². The first-order chi connectivity index (χ1) is 9.58. The third kappa shape index (κ3) is 3.18. The Morgan fingerprint density at radius 2 is 2.10 bits per heavy atom. The van der Waals surface area contributed by atoms with E-state index in [0.717, 1.165) is 10.4 Å². The van der Waals surface area contributed by atoms with Gasteiger partial charge in [0.1, 0.15) is 10.6 Å². The molecule has 2 heterocycles. The summed E-state index contributed by atoms with van der Waals surface area (Å²) in [4.78, 5) is 2.78. The van der Waals surface area contributed by atoms with Gasteiger partial charge in [0, 0.05) is 25.8 Å². The van der Waals surface area contributed by atoms with E-state index in [1.165, 1.54) is 0 Å². The van der Waals surface area contributed by atoms with Crippen LogP contribution >= 0.6 is 0 Å². The van der Waals surface area contributed by atoms with Crippen LogP contribution in [0.3, 0.4) is 0 Å². The molecule has 0 aliphatic carbocycles. The number of aromatic nitrogens is 1. The zero-order chi connectivity index (χ0) is 15.9. The maximum absolute atomic E-state index is 12.4. The van der Waals surface area contributed by atoms with Crippen molar-refractivity contribution in [1.29, 1.82) is 0 Å². The molecule has 118 valence electrons. The van der Waals surface area contributed by atoms with Crippen LogP contribution in [0.4, 0.5) is 13.2 Å². The topological polar surface area (TPSA) is 96.5 Å². The molecule has 1 aromatic heterocycles. The van der Waals surface area contributed by atoms with Crippen molar-refractivity contribution < 1.29 is 26.7 Å². The van der Waals surface area contributed by atoms with Gasteiger partial charge in [0.15, 0.2) is 0 Å². The Morgan fingerprint density at radius 3 is 2.52 bits per heavy atom. The van der Waals surface area contributed by atoms with Crippen LogP contribution in [0.2, 0.25) is 0 Å². The number of β-amino-alcohol motifs (C(OH)–C–C–N with tert-alkyl or cyclic N) is 1. The van der Waals surface area contributed by atoms with Crippen molar-refractivity contribution in [2.24, 2.45) is 5.73 Å². The average molecular weight is 325 g/mol. The van der Waals surface area contributed by atoms with Crippen LogP contribution in [-0.4, -0.2) is 48.0 Å². The summed E-state index contributed by atoms with van der Waals surface area (Å²) in [6.07, 6.45) is -3.79. The summed E-state index contributed by atoms with van der Waals surface area (Å²) in [5.41, 5.74) is 2.91. The molecule has 1 aromatic rings. The molecule has 1 aliphatic rings. The lowest BCUT2D eigenvalue weighted by Gasteiger charge is -2.21. The van der Waals surface area contributed by atoms with Gasteiger partial charge in [-0.3, -0.25) is 4.98 Å². The van der Waals surface area contributed by atoms with E-state index in [9.17, 15) is 26.7 Å². The van der Waals surface area contributed by atoms with Gasteiger partial charge in [-0.25, -0.2) is 8.42 Å². The SMILES string of the molecule is NC[C@@]1(O)CCN(S(=O)(=O)c2ccc(C(F)(F)F)nc2)C1. The van der Waals surface area contributed by atoms with Crippen LogP contribution in [0.5, 0.6) is 0 Å². The fourth-order valence-electron chi connectivity index (χ4n) is 2.04. The summed E-state index contributed by atoms with van der Waals surface area (Å²) >= 11 is 0. The number of aliphatic hydroxyl groups is 1. The highest BCUT2D eigenvalue weighted by Gasteiger charge is 2.41. The minimum atomic E-state index is -4.63. The first-order valence-electron chi connectivity index (χ1n) is 6.04. The largest absolute Gasteiger partial charge is 0.433 e. The van der Waals surface area contributed by atoms with Crippen LogP contribution in [0.1, 0.15) is 12.1 Å². The summed E-state index contributed by atoms with van der Waals surface area (Å²) < 4.78 is 62.7. The lowest BCUT2D eigenvalue weighted by atomic mass is 10.1. The lowest BCUT2D eigenvalue weighted by Crippen LogP contribution is -2.41. The molecule has 1 saturated heterocycles. The molecule has 0 aromatic carbocycles. The number of nitrogens with two attached hydrogens (primary N) is 1. The number of hydrogen-bond donors (Lipinski definition) is 2. The van der Waals surface area contributed by atoms with Gasteiger partial charge >= 0.3 is 6.18 Å². The summed E-state index contributed by atoms with van der Waals surface area (Å²) in [5, 5.41) is 9.94. The predicted molar refractivity (Wildman–Crippen MR) is 66.6 cm³/mol. The fraction of sp³-hybridized carbons (Fsp3) is 0.545. The highest BCUT2D eigenvalue weighted by atomic mass is 32.2. The first-order valence-corrected chi connectivity index (χ1v) is 7.48. The molecule has 0 saturated carbocycles. The van der Waals surface area contributed by atoms with Crippen molar-refractivity contribution in [3.8, 4) is 0 Å². The van der Waals surface area contributed by atoms with Crippen molar-refractivity contribution in [2.45, 2.75) is 23.1 Å². The Bertz CT molecular complexity index is 618. The van der Waals surface area contributed by atoms with Gasteiger partial charge in [-0.2, -0.15) is 17.5 Å². The van der Waals surface area contributed by atoms with Crippen LogP contribution in [0.15, 0.2) is 23.2 Å². The highest BCUT2D eigenvalue weighted by Crippen LogP contribution is 2.30. The molecule has 0 spiro atoms. The number of pyridine rings is 1. The quantitative estimate of drug-likeness (QED) is 0.827. The van der Waals surface area contributed by atoms with E-state index in [2.05, 4.69) is 4.98 Å². The van der Waals surface area contributed by atoms with E-state index in [-0.39, 0.29) is 31.0 Å². The van der Waals surface area contributed by atoms with Crippen molar-refractivity contribution >= 4 is 10.0 Å². The van der Waals surface area contributed by atoms with Gasteiger partial charge in [-0.1, -0.05) is 0 Å². The minimum Gasteiger partial charge on any atom is -0.387 e. The van der Waals surface area contributed by atoms with Crippen molar-refractivity contribution in [3.05, 3.63) is 24.0 Å². The number of nitrogens with zero attached hydrogens (tertiary/aromatic N) is 2. The normalized spacial score (nSPS) is 24.4. The molecular formula is C11H14F3N3O3S. The molecular weight excluding hydrogens is 311 g/mol. The molecule has 1 fully saturated rings. The predicted octanol–water partition coefficient (Wildman–Crippen LogP) is 0.185. The van der Waals surface area contributed by atoms with Crippen molar-refractivity contribution in [2.75, 3.05) is 19.6 Å². The number of sulfonamides is 1. The van der Waals surface area contributed by atoms with E-state index in [4.69, 9.17) is 5.73 Å². The molecule has 6 nitrogen and oxygen atoms in total. The second-order valence-corrected chi connectivity index (χ2v) is 6.83. The highest BCUT2D eigenvalue weighted by molar-refractivity contribution is 7.89. The van der Waals surface area contributed by atoms with E-state index >= 15 is 0 Å². The van der Waals surface area contributed by atoms with Gasteiger partial charge in [0.05, 0.1) is 5.60 Å². The second-order valence-electron chi connectivity index (χ2n) is 4.89. The first kappa shape index (κ1) is 16.1. The molecule has 1 aliphatic heterocycles. The minimum absolute atomic E-state index is 0.0526. The Balaban J connectivity index is 2.25. The van der Waals surface area contributed by atoms with Gasteiger partial charge in [-0.05, 0) is 18.6 Å². The van der Waals surface area contributed by atoms with Crippen LogP contribution in [-0.2, 0) is 16.2 Å². The third-order valence-electron chi connectivity index (χ3n) is 3.34. The molecule has 0 unspecified atom stereocenters. The maximum atomic E-state index is 12.4. The monoisotopic (exact) mass is 325 g/mol. The zero-order valence-corrected chi connectivity index (χ0v) is 11.7. The summed E-state index contributed by atoms with van der Waals surface area (Å²) in [5.74, 6) is 0. The summed E-state index contributed by atoms with van der Waals surface area (Å²) in [6, 6.07) is 1.46. The van der Waals surface area contributed by atoms with Crippen LogP contribution in [0.25, 0.3) is 0 Å². The fourth-order valence-corrected chi connectivity index (χ4v) is 3.51. The van der Waals surface area contributed by atoms with Gasteiger partial charge in [-0.15, -0.1) is 0 Å². The van der Waals surface area contributed by atoms with Crippen molar-refractivity contribution in [3.63, 3.8) is 0 Å². The molecule has 1 atom stereocenters. The Labute approximate surface area is 119 Å². The Kier molecular flexibility index (Phi) is 4.00. The number of alkyl halides is 3. The van der Waals surface area contributed by atoms with E-state index < -0.39 is 27.5 Å². The van der Waals surface area contributed by atoms with Crippen LogP contribution < -0.4 is 5.73 Å². The van der Waals surface area contributed by atoms with E-state index in [1.807, 2.05) is 0 Å². The smallest absolute Gasteiger partial charge is 0.387 e. The molecule has 2 rings (SSSR count). The van der Waals surface area contributed by atoms with Crippen molar-refractivity contribution in [1.82, 2.24) is 9.29 Å². The lowest BCUT2D eigenvalue weighted by molar-refractivity contribution is -0.141. The third-order valence-corrected chi connectivity index (χ3v) is 5.17. The van der Waals surface area contributed by atoms with Gasteiger partial charge in [0.25, 0.3) is 0 Å². The standard InChI is InChI=1S/C11H14F3N3O3S/c12-11(13,14)9-2-1-8(5-16-9)21(19,20)17-4-3-10(18,6-15)7-17/h1-2,5,18H,3-4,6-7,15H2/t10-/m0/s1. The van der Waals surface area contributed by atoms with Gasteiger partial charge < -0.3 is 10.8 Å². The zero-order valence-electron chi connectivity index (χ0n) is 10.8. The molecule has 21 heavy (non-hydrogen) atoms. The molecule has 0 radical (unpaired) electrons. The molecule has 3 N–H and O–H groups in total. The average Bonchev–Trinajstić information content (AvgIpc) is 2.82. The molecule has 0 bridgehead atoms. The molecule has 10 heteroatoms. The second kappa shape index (κ2) is 5.20. The maximum Gasteiger partial charge on any atom is 0.433 e. The Hall–Kier alpha value is -1.23. The number of hydrogen-bond acceptors (Lipinski definition) is 5. The van der Waals surface area contributed by atoms with E-state index in [1.54, 1.807) is 0 Å².